The molecule has 1 aliphatic rings. The molecule has 1 heterocycles. The Labute approximate surface area is 164 Å². The fraction of sp³-hybridized carbons (Fsp3) is 0.217. The van der Waals surface area contributed by atoms with Crippen LogP contribution < -0.4 is 14.8 Å². The fourth-order valence-electron chi connectivity index (χ4n) is 3.16. The van der Waals surface area contributed by atoms with Crippen molar-refractivity contribution in [2.45, 2.75) is 18.9 Å². The summed E-state index contributed by atoms with van der Waals surface area (Å²) in [7, 11) is 1.65. The topological polar surface area (TPSA) is 60.5 Å². The highest BCUT2D eigenvalue weighted by Gasteiger charge is 2.33. The molecule has 5 nitrogen and oxygen atoms in total. The molecule has 28 heavy (non-hydrogen) atoms. The molecule has 0 saturated heterocycles. The van der Waals surface area contributed by atoms with E-state index >= 15 is 0 Å². The third-order valence-electron chi connectivity index (χ3n) is 4.84. The maximum absolute atomic E-state index is 12.8. The Balaban J connectivity index is 1.44. The first kappa shape index (κ1) is 18.0. The molecule has 1 fully saturated rings. The molecule has 2 aromatic carbocycles. The van der Waals surface area contributed by atoms with E-state index in [1.165, 1.54) is 0 Å². The lowest BCUT2D eigenvalue weighted by molar-refractivity contribution is 0.0931. The standard InChI is InChI=1S/C23H22N2O3/c1-27-19-10-6-17(7-11-19)22(16-4-5-16)25-23(26)18-8-12-20(13-9-18)28-21-3-2-14-24-15-21/h2-3,6-16,22H,4-5H2,1H3,(H,25,26). The molecule has 1 unspecified atom stereocenters. The van der Waals surface area contributed by atoms with E-state index in [4.69, 9.17) is 9.47 Å². The minimum absolute atomic E-state index is 0.0183. The van der Waals surface area contributed by atoms with Gasteiger partial charge in [0, 0.05) is 11.8 Å². The van der Waals surface area contributed by atoms with Gasteiger partial charge in [-0.25, -0.2) is 0 Å². The molecule has 1 aromatic heterocycles. The van der Waals surface area contributed by atoms with Crippen molar-refractivity contribution in [3.63, 3.8) is 0 Å². The van der Waals surface area contributed by atoms with Crippen molar-refractivity contribution >= 4 is 5.91 Å². The van der Waals surface area contributed by atoms with E-state index in [9.17, 15) is 4.79 Å². The highest BCUT2D eigenvalue weighted by atomic mass is 16.5. The number of hydrogen-bond donors (Lipinski definition) is 1. The number of aromatic nitrogens is 1. The zero-order chi connectivity index (χ0) is 19.3. The monoisotopic (exact) mass is 374 g/mol. The smallest absolute Gasteiger partial charge is 0.251 e. The predicted molar refractivity (Wildman–Crippen MR) is 107 cm³/mol. The zero-order valence-electron chi connectivity index (χ0n) is 15.7. The number of nitrogens with zero attached hydrogens (tertiary/aromatic N) is 1. The van der Waals surface area contributed by atoms with Gasteiger partial charge in [-0.3, -0.25) is 9.78 Å². The first-order valence-corrected chi connectivity index (χ1v) is 9.36. The highest BCUT2D eigenvalue weighted by Crippen LogP contribution is 2.41. The van der Waals surface area contributed by atoms with Gasteiger partial charge in [0.25, 0.3) is 5.91 Å². The molecule has 3 aromatic rings. The van der Waals surface area contributed by atoms with Gasteiger partial charge in [0.2, 0.25) is 0 Å². The summed E-state index contributed by atoms with van der Waals surface area (Å²) in [5.41, 5.74) is 1.71. The lowest BCUT2D eigenvalue weighted by Gasteiger charge is -2.19. The molecule has 142 valence electrons. The average Bonchev–Trinajstić information content (AvgIpc) is 3.58. The van der Waals surface area contributed by atoms with Crippen LogP contribution in [-0.4, -0.2) is 18.0 Å². The van der Waals surface area contributed by atoms with Gasteiger partial charge < -0.3 is 14.8 Å². The van der Waals surface area contributed by atoms with Crippen molar-refractivity contribution in [1.82, 2.24) is 10.3 Å². The van der Waals surface area contributed by atoms with Gasteiger partial charge in [-0.15, -0.1) is 0 Å². The Morgan fingerprint density at radius 3 is 2.32 bits per heavy atom. The summed E-state index contributed by atoms with van der Waals surface area (Å²) in [5, 5.41) is 3.19. The molecule has 1 amide bonds. The molecule has 0 bridgehead atoms. The second kappa shape index (κ2) is 8.13. The Morgan fingerprint density at radius 2 is 1.71 bits per heavy atom. The van der Waals surface area contributed by atoms with Gasteiger partial charge in [0.1, 0.15) is 17.2 Å². The number of amides is 1. The Bertz CT molecular complexity index is 920. The third-order valence-corrected chi connectivity index (χ3v) is 4.84. The molecule has 0 radical (unpaired) electrons. The Morgan fingerprint density at radius 1 is 1.00 bits per heavy atom. The summed E-state index contributed by atoms with van der Waals surface area (Å²) < 4.78 is 11.0. The number of carbonyl (C=O) groups excluding carboxylic acids is 1. The number of methoxy groups -OCH3 is 1. The SMILES string of the molecule is COc1ccc(C(NC(=O)c2ccc(Oc3cccnc3)cc2)C2CC2)cc1. The average molecular weight is 374 g/mol. The Kier molecular flexibility index (Phi) is 5.24. The van der Waals surface area contributed by atoms with E-state index in [0.717, 1.165) is 24.2 Å². The number of benzene rings is 2. The van der Waals surface area contributed by atoms with E-state index in [-0.39, 0.29) is 11.9 Å². The van der Waals surface area contributed by atoms with Crippen LogP contribution in [0.5, 0.6) is 17.2 Å². The minimum atomic E-state index is -0.0827. The lowest BCUT2D eigenvalue weighted by atomic mass is 10.0. The molecular formula is C23H22N2O3. The zero-order valence-corrected chi connectivity index (χ0v) is 15.7. The van der Waals surface area contributed by atoms with Crippen LogP contribution in [0.25, 0.3) is 0 Å². The van der Waals surface area contributed by atoms with Crippen LogP contribution in [0.1, 0.15) is 34.8 Å². The molecule has 1 aliphatic carbocycles. The van der Waals surface area contributed by atoms with Gasteiger partial charge in [0.15, 0.2) is 0 Å². The van der Waals surface area contributed by atoms with Crippen molar-refractivity contribution in [3.05, 3.63) is 84.2 Å². The molecule has 1 atom stereocenters. The van der Waals surface area contributed by atoms with E-state index in [1.807, 2.05) is 36.4 Å². The lowest BCUT2D eigenvalue weighted by Crippen LogP contribution is -2.29. The predicted octanol–water partition coefficient (Wildman–Crippen LogP) is 4.76. The van der Waals surface area contributed by atoms with Gasteiger partial charge in [-0.05, 0) is 72.9 Å². The first-order valence-electron chi connectivity index (χ1n) is 9.36. The van der Waals surface area contributed by atoms with Crippen molar-refractivity contribution < 1.29 is 14.3 Å². The largest absolute Gasteiger partial charge is 0.497 e. The van der Waals surface area contributed by atoms with Gasteiger partial charge in [0.05, 0.1) is 19.3 Å². The van der Waals surface area contributed by atoms with Crippen molar-refractivity contribution in [2.75, 3.05) is 7.11 Å². The van der Waals surface area contributed by atoms with Crippen molar-refractivity contribution in [1.29, 1.82) is 0 Å². The summed E-state index contributed by atoms with van der Waals surface area (Å²) >= 11 is 0. The molecule has 1 N–H and O–H groups in total. The van der Waals surface area contributed by atoms with Crippen LogP contribution in [-0.2, 0) is 0 Å². The summed E-state index contributed by atoms with van der Waals surface area (Å²) in [5.74, 6) is 2.55. The number of pyridine rings is 1. The molecule has 0 spiro atoms. The summed E-state index contributed by atoms with van der Waals surface area (Å²) in [6.45, 7) is 0. The third kappa shape index (κ3) is 4.31. The number of nitrogens with one attached hydrogen (secondary N) is 1. The number of carbonyl (C=O) groups is 1. The Hall–Kier alpha value is -3.34. The second-order valence-corrected chi connectivity index (χ2v) is 6.88. The van der Waals surface area contributed by atoms with Crippen LogP contribution in [0.2, 0.25) is 0 Å². The second-order valence-electron chi connectivity index (χ2n) is 6.88. The van der Waals surface area contributed by atoms with Gasteiger partial charge >= 0.3 is 0 Å². The summed E-state index contributed by atoms with van der Waals surface area (Å²) in [4.78, 5) is 16.8. The van der Waals surface area contributed by atoms with Crippen molar-refractivity contribution in [2.24, 2.45) is 5.92 Å². The number of ether oxygens (including phenoxy) is 2. The molecule has 0 aliphatic heterocycles. The minimum Gasteiger partial charge on any atom is -0.497 e. The van der Waals surface area contributed by atoms with Crippen molar-refractivity contribution in [3.8, 4) is 17.2 Å². The fourth-order valence-corrected chi connectivity index (χ4v) is 3.16. The van der Waals surface area contributed by atoms with Gasteiger partial charge in [-0.2, -0.15) is 0 Å². The van der Waals surface area contributed by atoms with E-state index in [0.29, 0.717) is 23.0 Å². The van der Waals surface area contributed by atoms with Crippen LogP contribution >= 0.6 is 0 Å². The van der Waals surface area contributed by atoms with Crippen LogP contribution in [0.3, 0.4) is 0 Å². The van der Waals surface area contributed by atoms with E-state index in [1.54, 1.807) is 43.8 Å². The van der Waals surface area contributed by atoms with Crippen LogP contribution in [0, 0.1) is 5.92 Å². The quantitative estimate of drug-likeness (QED) is 0.647. The molecular weight excluding hydrogens is 352 g/mol. The molecule has 4 rings (SSSR count). The normalized spacial score (nSPS) is 14.2. The van der Waals surface area contributed by atoms with Crippen LogP contribution in [0.15, 0.2) is 73.1 Å². The number of hydrogen-bond acceptors (Lipinski definition) is 4. The maximum atomic E-state index is 12.8. The first-order chi connectivity index (χ1) is 13.7. The summed E-state index contributed by atoms with van der Waals surface area (Å²) in [6, 6.07) is 18.7. The summed E-state index contributed by atoms with van der Waals surface area (Å²) in [6.07, 6.45) is 5.61. The van der Waals surface area contributed by atoms with Gasteiger partial charge in [-0.1, -0.05) is 12.1 Å². The maximum Gasteiger partial charge on any atom is 0.251 e. The highest BCUT2D eigenvalue weighted by molar-refractivity contribution is 5.94. The number of rotatable bonds is 7. The van der Waals surface area contributed by atoms with Crippen LogP contribution in [0.4, 0.5) is 0 Å². The molecule has 1 saturated carbocycles. The van der Waals surface area contributed by atoms with E-state index in [2.05, 4.69) is 10.3 Å². The molecule has 5 heteroatoms. The van der Waals surface area contributed by atoms with E-state index < -0.39 is 0 Å².